The number of nitrogens with one attached hydrogen (secondary N) is 2. The van der Waals surface area contributed by atoms with Gasteiger partial charge in [0.1, 0.15) is 6.17 Å². The van der Waals surface area contributed by atoms with Gasteiger partial charge in [0.25, 0.3) is 0 Å². The molecule has 1 unspecified atom stereocenters. The van der Waals surface area contributed by atoms with Gasteiger partial charge >= 0.3 is 0 Å². The molecule has 0 radical (unpaired) electrons. The number of nitrogens with two attached hydrogens (primary N) is 1. The Labute approximate surface area is 77.6 Å². The van der Waals surface area contributed by atoms with Crippen LogP contribution < -0.4 is 16.4 Å². The number of benzene rings is 1. The molecule has 0 saturated heterocycles. The van der Waals surface area contributed by atoms with Crippen LogP contribution in [0.5, 0.6) is 0 Å². The van der Waals surface area contributed by atoms with E-state index in [1.54, 1.807) is 0 Å². The lowest BCUT2D eigenvalue weighted by atomic mass is 10.1. The highest BCUT2D eigenvalue weighted by molar-refractivity contribution is 5.40. The molecule has 0 fully saturated rings. The van der Waals surface area contributed by atoms with Crippen LogP contribution in [0, 0.1) is 0 Å². The largest absolute Gasteiger partial charge is 0.399 e. The fraction of sp³-hybridized carbons (Fsp3) is 0.200. The van der Waals surface area contributed by atoms with E-state index in [4.69, 9.17) is 5.73 Å². The van der Waals surface area contributed by atoms with Crippen molar-refractivity contribution in [3.63, 3.8) is 0 Å². The molecule has 1 aliphatic rings. The third-order valence-corrected chi connectivity index (χ3v) is 2.09. The summed E-state index contributed by atoms with van der Waals surface area (Å²) in [5.41, 5.74) is 7.61. The third kappa shape index (κ3) is 1.81. The highest BCUT2D eigenvalue weighted by atomic mass is 15.1. The van der Waals surface area contributed by atoms with E-state index in [2.05, 4.69) is 10.6 Å². The van der Waals surface area contributed by atoms with Gasteiger partial charge in [0, 0.05) is 12.2 Å². The van der Waals surface area contributed by atoms with Gasteiger partial charge in [0.15, 0.2) is 0 Å². The number of rotatable bonds is 1. The van der Waals surface area contributed by atoms with Crippen LogP contribution in [0.3, 0.4) is 0 Å². The topological polar surface area (TPSA) is 50.1 Å². The van der Waals surface area contributed by atoms with Gasteiger partial charge in [-0.05, 0) is 23.9 Å². The normalized spacial score (nSPS) is 21.1. The molecule has 0 aromatic heterocycles. The van der Waals surface area contributed by atoms with E-state index in [1.807, 2.05) is 36.5 Å². The van der Waals surface area contributed by atoms with Gasteiger partial charge in [0.2, 0.25) is 0 Å². The molecule has 0 aliphatic carbocycles. The SMILES string of the molecule is Nc1ccc(C2NC=CCN2)cc1. The van der Waals surface area contributed by atoms with E-state index in [1.165, 1.54) is 5.56 Å². The number of nitrogen functional groups attached to an aromatic ring is 1. The first kappa shape index (κ1) is 8.13. The van der Waals surface area contributed by atoms with Gasteiger partial charge in [-0.3, -0.25) is 5.32 Å². The second kappa shape index (κ2) is 3.49. The second-order valence-electron chi connectivity index (χ2n) is 3.08. The van der Waals surface area contributed by atoms with Crippen molar-refractivity contribution >= 4 is 5.69 Å². The maximum absolute atomic E-state index is 5.60. The Morgan fingerprint density at radius 1 is 1.23 bits per heavy atom. The van der Waals surface area contributed by atoms with Gasteiger partial charge in [0.05, 0.1) is 0 Å². The van der Waals surface area contributed by atoms with Crippen molar-refractivity contribution in [1.29, 1.82) is 0 Å². The number of hydrogen-bond donors (Lipinski definition) is 3. The Morgan fingerprint density at radius 3 is 2.62 bits per heavy atom. The molecule has 0 saturated carbocycles. The number of hydrogen-bond acceptors (Lipinski definition) is 3. The Hall–Kier alpha value is -1.48. The summed E-state index contributed by atoms with van der Waals surface area (Å²) < 4.78 is 0. The molecule has 4 N–H and O–H groups in total. The minimum absolute atomic E-state index is 0.214. The molecule has 0 bridgehead atoms. The molecule has 1 aromatic carbocycles. The Kier molecular flexibility index (Phi) is 2.19. The molecule has 1 aliphatic heterocycles. The first-order valence-corrected chi connectivity index (χ1v) is 4.36. The van der Waals surface area contributed by atoms with E-state index in [9.17, 15) is 0 Å². The summed E-state index contributed by atoms with van der Waals surface area (Å²) in [6.07, 6.45) is 4.23. The van der Waals surface area contributed by atoms with Crippen molar-refractivity contribution in [3.05, 3.63) is 42.1 Å². The first-order chi connectivity index (χ1) is 6.36. The molecule has 2 rings (SSSR count). The molecule has 0 amide bonds. The second-order valence-corrected chi connectivity index (χ2v) is 3.08. The zero-order chi connectivity index (χ0) is 9.10. The fourth-order valence-corrected chi connectivity index (χ4v) is 1.37. The van der Waals surface area contributed by atoms with Gasteiger partial charge in [-0.15, -0.1) is 0 Å². The molecular formula is C10H13N3. The van der Waals surface area contributed by atoms with Gasteiger partial charge < -0.3 is 11.1 Å². The fourth-order valence-electron chi connectivity index (χ4n) is 1.37. The van der Waals surface area contributed by atoms with E-state index in [-0.39, 0.29) is 6.17 Å². The molecule has 1 heterocycles. The van der Waals surface area contributed by atoms with Crippen molar-refractivity contribution < 1.29 is 0 Å². The molecule has 13 heavy (non-hydrogen) atoms. The first-order valence-electron chi connectivity index (χ1n) is 4.36. The molecule has 0 spiro atoms. The number of anilines is 1. The van der Waals surface area contributed by atoms with Crippen LogP contribution in [0.1, 0.15) is 11.7 Å². The van der Waals surface area contributed by atoms with Crippen molar-refractivity contribution in [2.45, 2.75) is 6.17 Å². The van der Waals surface area contributed by atoms with Crippen LogP contribution in [0.25, 0.3) is 0 Å². The molecule has 1 atom stereocenters. The minimum atomic E-state index is 0.214. The summed E-state index contributed by atoms with van der Waals surface area (Å²) >= 11 is 0. The quantitative estimate of drug-likeness (QED) is 0.557. The summed E-state index contributed by atoms with van der Waals surface area (Å²) in [5.74, 6) is 0. The van der Waals surface area contributed by atoms with Gasteiger partial charge in [-0.2, -0.15) is 0 Å². The lowest BCUT2D eigenvalue weighted by Gasteiger charge is -2.22. The smallest absolute Gasteiger partial charge is 0.103 e. The molecule has 3 heteroatoms. The highest BCUT2D eigenvalue weighted by Crippen LogP contribution is 2.13. The Bertz CT molecular complexity index is 302. The molecule has 3 nitrogen and oxygen atoms in total. The summed E-state index contributed by atoms with van der Waals surface area (Å²) in [6, 6.07) is 7.88. The van der Waals surface area contributed by atoms with Gasteiger partial charge in [-0.25, -0.2) is 0 Å². The predicted octanol–water partition coefficient (Wildman–Crippen LogP) is 0.974. The van der Waals surface area contributed by atoms with Crippen LogP contribution in [-0.4, -0.2) is 6.54 Å². The van der Waals surface area contributed by atoms with Crippen molar-refractivity contribution in [2.24, 2.45) is 0 Å². The van der Waals surface area contributed by atoms with Crippen molar-refractivity contribution in [2.75, 3.05) is 12.3 Å². The van der Waals surface area contributed by atoms with E-state index in [0.717, 1.165) is 12.2 Å². The molecular weight excluding hydrogens is 162 g/mol. The van der Waals surface area contributed by atoms with Crippen molar-refractivity contribution in [1.82, 2.24) is 10.6 Å². The Balaban J connectivity index is 2.15. The Morgan fingerprint density at radius 2 is 2.00 bits per heavy atom. The lowest BCUT2D eigenvalue weighted by Crippen LogP contribution is -2.34. The van der Waals surface area contributed by atoms with E-state index in [0.29, 0.717) is 0 Å². The van der Waals surface area contributed by atoms with Crippen LogP contribution in [0.4, 0.5) is 5.69 Å². The standard InChI is InChI=1S/C10H13N3/c11-9-4-2-8(3-5-9)10-12-6-1-7-13-10/h1-6,10,12-13H,7,11H2. The summed E-state index contributed by atoms with van der Waals surface area (Å²) in [4.78, 5) is 0. The predicted molar refractivity (Wildman–Crippen MR) is 53.9 cm³/mol. The van der Waals surface area contributed by atoms with E-state index >= 15 is 0 Å². The van der Waals surface area contributed by atoms with E-state index < -0.39 is 0 Å². The molecule has 1 aromatic rings. The van der Waals surface area contributed by atoms with Crippen LogP contribution in [0.2, 0.25) is 0 Å². The maximum Gasteiger partial charge on any atom is 0.103 e. The lowest BCUT2D eigenvalue weighted by molar-refractivity contribution is 0.498. The minimum Gasteiger partial charge on any atom is -0.399 e. The van der Waals surface area contributed by atoms with Crippen molar-refractivity contribution in [3.8, 4) is 0 Å². The van der Waals surface area contributed by atoms with Crippen LogP contribution in [-0.2, 0) is 0 Å². The maximum atomic E-state index is 5.60. The monoisotopic (exact) mass is 175 g/mol. The third-order valence-electron chi connectivity index (χ3n) is 2.09. The van der Waals surface area contributed by atoms with Crippen LogP contribution in [0.15, 0.2) is 36.5 Å². The zero-order valence-corrected chi connectivity index (χ0v) is 7.33. The van der Waals surface area contributed by atoms with Gasteiger partial charge in [-0.1, -0.05) is 18.2 Å². The zero-order valence-electron chi connectivity index (χ0n) is 7.33. The van der Waals surface area contributed by atoms with Crippen LogP contribution >= 0.6 is 0 Å². The average Bonchev–Trinajstić information content (AvgIpc) is 2.20. The summed E-state index contributed by atoms with van der Waals surface area (Å²) in [5, 5.41) is 6.54. The summed E-state index contributed by atoms with van der Waals surface area (Å²) in [6.45, 7) is 0.905. The highest BCUT2D eigenvalue weighted by Gasteiger charge is 2.09. The average molecular weight is 175 g/mol. The summed E-state index contributed by atoms with van der Waals surface area (Å²) in [7, 11) is 0. The molecule has 68 valence electrons.